The van der Waals surface area contributed by atoms with E-state index in [9.17, 15) is 19.7 Å². The van der Waals surface area contributed by atoms with Crippen LogP contribution in [0.15, 0.2) is 48.8 Å². The van der Waals surface area contributed by atoms with Crippen LogP contribution < -0.4 is 5.32 Å². The van der Waals surface area contributed by atoms with Gasteiger partial charge >= 0.3 is 0 Å². The van der Waals surface area contributed by atoms with Crippen LogP contribution in [-0.4, -0.2) is 63.7 Å². The van der Waals surface area contributed by atoms with Gasteiger partial charge in [-0.2, -0.15) is 0 Å². The van der Waals surface area contributed by atoms with Crippen molar-refractivity contribution < 1.29 is 14.5 Å². The quantitative estimate of drug-likeness (QED) is 0.512. The van der Waals surface area contributed by atoms with E-state index < -0.39 is 4.92 Å². The van der Waals surface area contributed by atoms with Crippen molar-refractivity contribution in [3.8, 4) is 0 Å². The number of hydrogen-bond acceptors (Lipinski definition) is 6. The highest BCUT2D eigenvalue weighted by Gasteiger charge is 2.37. The number of benzene rings is 1. The molecule has 1 aromatic carbocycles. The van der Waals surface area contributed by atoms with E-state index in [1.54, 1.807) is 23.4 Å². The lowest BCUT2D eigenvalue weighted by Gasteiger charge is -2.40. The summed E-state index contributed by atoms with van der Waals surface area (Å²) in [5.41, 5.74) is 1.24. The van der Waals surface area contributed by atoms with E-state index in [-0.39, 0.29) is 23.5 Å². The minimum atomic E-state index is -0.495. The zero-order chi connectivity index (χ0) is 23.2. The first-order chi connectivity index (χ1) is 16.0. The van der Waals surface area contributed by atoms with Crippen LogP contribution in [0, 0.1) is 16.0 Å². The van der Waals surface area contributed by atoms with Gasteiger partial charge in [0.25, 0.3) is 11.6 Å². The molecule has 4 rings (SSSR count). The Labute approximate surface area is 192 Å². The SMILES string of the molecule is O=C(NCc1ccncc1)C(C1CCCC1)N1CCN(C(=O)c2cccc([N+](=O)[O-])c2)CC1. The number of nitrogens with one attached hydrogen (secondary N) is 1. The predicted molar refractivity (Wildman–Crippen MR) is 122 cm³/mol. The van der Waals surface area contributed by atoms with Crippen molar-refractivity contribution in [2.45, 2.75) is 38.3 Å². The van der Waals surface area contributed by atoms with Gasteiger partial charge in [-0.25, -0.2) is 0 Å². The Morgan fingerprint density at radius 1 is 1.09 bits per heavy atom. The number of rotatable bonds is 7. The molecule has 9 heteroatoms. The van der Waals surface area contributed by atoms with Gasteiger partial charge in [0.15, 0.2) is 0 Å². The third kappa shape index (κ3) is 5.54. The van der Waals surface area contributed by atoms with Crippen molar-refractivity contribution in [2.24, 2.45) is 5.92 Å². The molecule has 1 atom stereocenters. The molecule has 1 saturated carbocycles. The van der Waals surface area contributed by atoms with Gasteiger partial charge in [-0.15, -0.1) is 0 Å². The molecule has 1 N–H and O–H groups in total. The molecule has 2 aromatic rings. The normalized spacial score (nSPS) is 18.1. The highest BCUT2D eigenvalue weighted by Crippen LogP contribution is 2.31. The summed E-state index contributed by atoms with van der Waals surface area (Å²) in [7, 11) is 0. The van der Waals surface area contributed by atoms with Crippen molar-refractivity contribution in [3.05, 3.63) is 70.0 Å². The highest BCUT2D eigenvalue weighted by molar-refractivity contribution is 5.95. The van der Waals surface area contributed by atoms with Crippen LogP contribution in [0.25, 0.3) is 0 Å². The summed E-state index contributed by atoms with van der Waals surface area (Å²) < 4.78 is 0. The largest absolute Gasteiger partial charge is 0.351 e. The molecular formula is C24H29N5O4. The van der Waals surface area contributed by atoms with Gasteiger partial charge < -0.3 is 10.2 Å². The number of carbonyl (C=O) groups is 2. The number of nitro groups is 1. The molecule has 1 aliphatic carbocycles. The van der Waals surface area contributed by atoms with Gasteiger partial charge in [-0.3, -0.25) is 29.6 Å². The number of amides is 2. The number of pyridine rings is 1. The second kappa shape index (κ2) is 10.5. The number of piperazine rings is 1. The number of hydrogen-bond donors (Lipinski definition) is 1. The minimum absolute atomic E-state index is 0.0390. The van der Waals surface area contributed by atoms with E-state index in [0.29, 0.717) is 44.2 Å². The minimum Gasteiger partial charge on any atom is -0.351 e. The van der Waals surface area contributed by atoms with Gasteiger partial charge in [-0.1, -0.05) is 18.9 Å². The van der Waals surface area contributed by atoms with Crippen LogP contribution in [0.1, 0.15) is 41.6 Å². The van der Waals surface area contributed by atoms with E-state index >= 15 is 0 Å². The van der Waals surface area contributed by atoms with Crippen molar-refractivity contribution in [1.29, 1.82) is 0 Å². The second-order valence-corrected chi connectivity index (χ2v) is 8.70. The molecule has 9 nitrogen and oxygen atoms in total. The fraction of sp³-hybridized carbons (Fsp3) is 0.458. The van der Waals surface area contributed by atoms with Gasteiger partial charge in [-0.05, 0) is 42.5 Å². The molecular weight excluding hydrogens is 422 g/mol. The number of nitro benzene ring substituents is 1. The standard InChI is InChI=1S/C24H29N5O4/c30-23(26-17-18-8-10-25-11-9-18)22(19-4-1-2-5-19)27-12-14-28(15-13-27)24(31)20-6-3-7-21(16-20)29(32)33/h3,6-11,16,19,22H,1-2,4-5,12-15,17H2,(H,26,30). The van der Waals surface area contributed by atoms with Crippen molar-refractivity contribution in [1.82, 2.24) is 20.1 Å². The Bertz CT molecular complexity index is 985. The van der Waals surface area contributed by atoms with E-state index in [0.717, 1.165) is 31.2 Å². The molecule has 2 amide bonds. The first-order valence-corrected chi connectivity index (χ1v) is 11.5. The maximum atomic E-state index is 13.2. The Balaban J connectivity index is 1.39. The van der Waals surface area contributed by atoms with Crippen molar-refractivity contribution in [3.63, 3.8) is 0 Å². The summed E-state index contributed by atoms with van der Waals surface area (Å²) in [6.45, 7) is 2.65. The first-order valence-electron chi connectivity index (χ1n) is 11.5. The van der Waals surface area contributed by atoms with Gasteiger partial charge in [0, 0.05) is 62.8 Å². The molecule has 0 bridgehead atoms. The Hall–Kier alpha value is -3.33. The Kier molecular flexibility index (Phi) is 7.29. The molecule has 1 saturated heterocycles. The number of nitrogens with zero attached hydrogens (tertiary/aromatic N) is 4. The average molecular weight is 452 g/mol. The van der Waals surface area contributed by atoms with Crippen LogP contribution in [0.3, 0.4) is 0 Å². The van der Waals surface area contributed by atoms with Crippen molar-refractivity contribution >= 4 is 17.5 Å². The van der Waals surface area contributed by atoms with Crippen molar-refractivity contribution in [2.75, 3.05) is 26.2 Å². The smallest absolute Gasteiger partial charge is 0.270 e. The third-order valence-corrected chi connectivity index (χ3v) is 6.63. The zero-order valence-electron chi connectivity index (χ0n) is 18.6. The van der Waals surface area contributed by atoms with Crippen LogP contribution in [-0.2, 0) is 11.3 Å². The van der Waals surface area contributed by atoms with Crippen LogP contribution in [0.5, 0.6) is 0 Å². The fourth-order valence-corrected chi connectivity index (χ4v) is 4.88. The Morgan fingerprint density at radius 3 is 2.45 bits per heavy atom. The molecule has 1 aromatic heterocycles. The summed E-state index contributed by atoms with van der Waals surface area (Å²) in [5.74, 6) is 0.150. The maximum Gasteiger partial charge on any atom is 0.270 e. The van der Waals surface area contributed by atoms with Gasteiger partial charge in [0.1, 0.15) is 0 Å². The van der Waals surface area contributed by atoms with Gasteiger partial charge in [0.05, 0.1) is 11.0 Å². The lowest BCUT2D eigenvalue weighted by Crippen LogP contribution is -2.57. The lowest BCUT2D eigenvalue weighted by molar-refractivity contribution is -0.384. The molecule has 0 radical (unpaired) electrons. The molecule has 1 unspecified atom stereocenters. The average Bonchev–Trinajstić information content (AvgIpc) is 3.38. The van der Waals surface area contributed by atoms with E-state index in [4.69, 9.17) is 0 Å². The van der Waals surface area contributed by atoms with E-state index in [2.05, 4.69) is 15.2 Å². The summed E-state index contributed by atoms with van der Waals surface area (Å²) >= 11 is 0. The summed E-state index contributed by atoms with van der Waals surface area (Å²) in [4.78, 5) is 44.6. The zero-order valence-corrected chi connectivity index (χ0v) is 18.6. The monoisotopic (exact) mass is 451 g/mol. The van der Waals surface area contributed by atoms with Crippen LogP contribution >= 0.6 is 0 Å². The Morgan fingerprint density at radius 2 is 1.79 bits per heavy atom. The van der Waals surface area contributed by atoms with Crippen LogP contribution in [0.4, 0.5) is 5.69 Å². The fourth-order valence-electron chi connectivity index (χ4n) is 4.88. The topological polar surface area (TPSA) is 109 Å². The molecule has 1 aliphatic heterocycles. The molecule has 2 heterocycles. The molecule has 2 aliphatic rings. The summed E-state index contributed by atoms with van der Waals surface area (Å²) in [6, 6.07) is 9.42. The lowest BCUT2D eigenvalue weighted by atomic mass is 9.94. The number of aromatic nitrogens is 1. The molecule has 33 heavy (non-hydrogen) atoms. The number of carbonyl (C=O) groups excluding carboxylic acids is 2. The van der Waals surface area contributed by atoms with E-state index in [1.165, 1.54) is 18.2 Å². The molecule has 2 fully saturated rings. The van der Waals surface area contributed by atoms with E-state index in [1.807, 2.05) is 12.1 Å². The third-order valence-electron chi connectivity index (χ3n) is 6.63. The second-order valence-electron chi connectivity index (χ2n) is 8.70. The summed E-state index contributed by atoms with van der Waals surface area (Å²) in [6.07, 6.45) is 7.80. The molecule has 0 spiro atoms. The first kappa shape index (κ1) is 22.8. The maximum absolute atomic E-state index is 13.2. The van der Waals surface area contributed by atoms with Crippen LogP contribution in [0.2, 0.25) is 0 Å². The number of non-ortho nitro benzene ring substituents is 1. The predicted octanol–water partition coefficient (Wildman–Crippen LogP) is 2.62. The van der Waals surface area contributed by atoms with Gasteiger partial charge in [0.2, 0.25) is 5.91 Å². The molecule has 174 valence electrons. The summed E-state index contributed by atoms with van der Waals surface area (Å²) in [5, 5.41) is 14.1. The highest BCUT2D eigenvalue weighted by atomic mass is 16.6.